The zero-order valence-electron chi connectivity index (χ0n) is 15.3. The summed E-state index contributed by atoms with van der Waals surface area (Å²) in [4.78, 5) is 0. The molecule has 0 spiro atoms. The lowest BCUT2D eigenvalue weighted by Crippen LogP contribution is -2.28. The van der Waals surface area contributed by atoms with Crippen molar-refractivity contribution in [2.75, 3.05) is 6.61 Å². The van der Waals surface area contributed by atoms with Crippen LogP contribution >= 0.6 is 0 Å². The molecular weight excluding hydrogens is 268 g/mol. The van der Waals surface area contributed by atoms with Gasteiger partial charge in [0.05, 0.1) is 6.10 Å². The molecule has 0 heterocycles. The largest absolute Gasteiger partial charge is 0.379 e. The summed E-state index contributed by atoms with van der Waals surface area (Å²) in [7, 11) is 0. The van der Waals surface area contributed by atoms with Crippen molar-refractivity contribution < 1.29 is 4.74 Å². The summed E-state index contributed by atoms with van der Waals surface area (Å²) in [6.07, 6.45) is 21.0. The van der Waals surface area contributed by atoms with E-state index in [9.17, 15) is 0 Å². The fraction of sp³-hybridized carbons (Fsp3) is 1.00. The van der Waals surface area contributed by atoms with Gasteiger partial charge in [-0.2, -0.15) is 0 Å². The van der Waals surface area contributed by atoms with Crippen molar-refractivity contribution >= 4 is 0 Å². The van der Waals surface area contributed by atoms with E-state index in [1.165, 1.54) is 89.9 Å². The third kappa shape index (κ3) is 6.22. The Kier molecular flexibility index (Phi) is 8.89. The highest BCUT2D eigenvalue weighted by Gasteiger charge is 2.30. The van der Waals surface area contributed by atoms with Crippen molar-refractivity contribution in [1.82, 2.24) is 0 Å². The van der Waals surface area contributed by atoms with Gasteiger partial charge < -0.3 is 4.74 Å². The first-order chi connectivity index (χ1) is 10.8. The minimum absolute atomic E-state index is 0.584. The maximum atomic E-state index is 5.81. The minimum atomic E-state index is 0.584. The first-order valence-electron chi connectivity index (χ1n) is 10.4. The van der Waals surface area contributed by atoms with E-state index in [0.29, 0.717) is 6.10 Å². The molecule has 0 atom stereocenters. The molecule has 0 saturated heterocycles. The molecular formula is C21H40O. The topological polar surface area (TPSA) is 9.23 Å². The summed E-state index contributed by atoms with van der Waals surface area (Å²) in [5, 5.41) is 0. The summed E-state index contributed by atoms with van der Waals surface area (Å²) in [5.41, 5.74) is 0. The van der Waals surface area contributed by atoms with E-state index in [2.05, 4.69) is 13.8 Å². The summed E-state index contributed by atoms with van der Waals surface area (Å²) < 4.78 is 5.81. The highest BCUT2D eigenvalue weighted by atomic mass is 16.5. The first kappa shape index (κ1) is 18.3. The average Bonchev–Trinajstić information content (AvgIpc) is 2.56. The van der Waals surface area contributed by atoms with Gasteiger partial charge in [-0.3, -0.25) is 0 Å². The fourth-order valence-corrected chi connectivity index (χ4v) is 4.95. The van der Waals surface area contributed by atoms with Crippen LogP contribution in [0.5, 0.6) is 0 Å². The number of rotatable bonds is 9. The highest BCUT2D eigenvalue weighted by Crippen LogP contribution is 2.41. The molecule has 1 nitrogen and oxygen atoms in total. The van der Waals surface area contributed by atoms with Crippen LogP contribution in [0.25, 0.3) is 0 Å². The molecule has 2 aliphatic carbocycles. The molecule has 0 aliphatic heterocycles. The smallest absolute Gasteiger partial charge is 0.0575 e. The van der Waals surface area contributed by atoms with Gasteiger partial charge in [-0.05, 0) is 63.2 Å². The molecule has 22 heavy (non-hydrogen) atoms. The van der Waals surface area contributed by atoms with E-state index in [-0.39, 0.29) is 0 Å². The maximum Gasteiger partial charge on any atom is 0.0575 e. The first-order valence-corrected chi connectivity index (χ1v) is 10.4. The predicted octanol–water partition coefficient (Wildman–Crippen LogP) is 6.75. The van der Waals surface area contributed by atoms with Crippen LogP contribution < -0.4 is 0 Å². The van der Waals surface area contributed by atoms with Gasteiger partial charge in [-0.1, -0.05) is 58.3 Å². The van der Waals surface area contributed by atoms with Gasteiger partial charge in [0.25, 0.3) is 0 Å². The van der Waals surface area contributed by atoms with E-state index in [1.807, 2.05) is 0 Å². The molecule has 0 aromatic rings. The molecule has 1 heteroatoms. The van der Waals surface area contributed by atoms with Gasteiger partial charge in [0.15, 0.2) is 0 Å². The minimum Gasteiger partial charge on any atom is -0.379 e. The van der Waals surface area contributed by atoms with Crippen LogP contribution in [0.2, 0.25) is 0 Å². The summed E-state index contributed by atoms with van der Waals surface area (Å²) in [5.74, 6) is 3.15. The number of unbranched alkanes of at least 4 members (excludes halogenated alkanes) is 4. The third-order valence-corrected chi connectivity index (χ3v) is 6.40. The van der Waals surface area contributed by atoms with Crippen molar-refractivity contribution in [3.05, 3.63) is 0 Å². The van der Waals surface area contributed by atoms with Crippen molar-refractivity contribution in [1.29, 1.82) is 0 Å². The van der Waals surface area contributed by atoms with Crippen LogP contribution in [0.3, 0.4) is 0 Å². The molecule has 2 fully saturated rings. The van der Waals surface area contributed by atoms with Crippen LogP contribution in [0.15, 0.2) is 0 Å². The van der Waals surface area contributed by atoms with Crippen LogP contribution in [-0.4, -0.2) is 12.7 Å². The molecule has 0 N–H and O–H groups in total. The zero-order chi connectivity index (χ0) is 15.6. The lowest BCUT2D eigenvalue weighted by atomic mass is 9.70. The number of hydrogen-bond acceptors (Lipinski definition) is 1. The molecule has 0 aromatic carbocycles. The molecule has 0 radical (unpaired) electrons. The summed E-state index contributed by atoms with van der Waals surface area (Å²) >= 11 is 0. The Hall–Kier alpha value is -0.0400. The molecule has 0 aromatic heterocycles. The van der Waals surface area contributed by atoms with E-state index in [0.717, 1.165) is 24.4 Å². The number of hydrogen-bond donors (Lipinski definition) is 0. The van der Waals surface area contributed by atoms with Crippen molar-refractivity contribution in [2.24, 2.45) is 17.8 Å². The molecule has 2 saturated carbocycles. The van der Waals surface area contributed by atoms with Crippen LogP contribution in [0.4, 0.5) is 0 Å². The second-order valence-corrected chi connectivity index (χ2v) is 7.98. The van der Waals surface area contributed by atoms with Crippen LogP contribution in [-0.2, 0) is 4.74 Å². The molecule has 2 rings (SSSR count). The predicted molar refractivity (Wildman–Crippen MR) is 96.2 cm³/mol. The van der Waals surface area contributed by atoms with Gasteiger partial charge >= 0.3 is 0 Å². The summed E-state index contributed by atoms with van der Waals surface area (Å²) in [6.45, 7) is 5.34. The Balaban J connectivity index is 1.55. The Morgan fingerprint density at radius 2 is 1.27 bits per heavy atom. The lowest BCUT2D eigenvalue weighted by Gasteiger charge is -2.37. The third-order valence-electron chi connectivity index (χ3n) is 6.40. The second-order valence-electron chi connectivity index (χ2n) is 7.98. The van der Waals surface area contributed by atoms with Gasteiger partial charge in [-0.15, -0.1) is 0 Å². The Morgan fingerprint density at radius 1 is 0.682 bits per heavy atom. The highest BCUT2D eigenvalue weighted by molar-refractivity contribution is 4.82. The SMILES string of the molecule is CCCCCCCC1CCC([C@H]2CC[C@H](OCC)CC2)CC1. The maximum absolute atomic E-state index is 5.81. The van der Waals surface area contributed by atoms with Crippen molar-refractivity contribution in [3.8, 4) is 0 Å². The molecule has 2 aliphatic rings. The van der Waals surface area contributed by atoms with E-state index < -0.39 is 0 Å². The Bertz CT molecular complexity index is 259. The Labute approximate surface area is 139 Å². The second kappa shape index (κ2) is 10.7. The zero-order valence-corrected chi connectivity index (χ0v) is 15.3. The van der Waals surface area contributed by atoms with Crippen molar-refractivity contribution in [3.63, 3.8) is 0 Å². The molecule has 130 valence electrons. The quantitative estimate of drug-likeness (QED) is 0.428. The average molecular weight is 309 g/mol. The van der Waals surface area contributed by atoms with Crippen molar-refractivity contribution in [2.45, 2.75) is 110 Å². The molecule has 0 amide bonds. The van der Waals surface area contributed by atoms with Gasteiger partial charge in [0, 0.05) is 6.61 Å². The monoisotopic (exact) mass is 308 g/mol. The van der Waals surface area contributed by atoms with Crippen LogP contribution in [0, 0.1) is 17.8 Å². The fourth-order valence-electron chi connectivity index (χ4n) is 4.95. The summed E-state index contributed by atoms with van der Waals surface area (Å²) in [6, 6.07) is 0. The Morgan fingerprint density at radius 3 is 1.86 bits per heavy atom. The van der Waals surface area contributed by atoms with E-state index in [1.54, 1.807) is 0 Å². The molecule has 0 bridgehead atoms. The van der Waals surface area contributed by atoms with E-state index >= 15 is 0 Å². The van der Waals surface area contributed by atoms with Gasteiger partial charge in [0.2, 0.25) is 0 Å². The van der Waals surface area contributed by atoms with E-state index in [4.69, 9.17) is 4.74 Å². The van der Waals surface area contributed by atoms with Crippen LogP contribution in [0.1, 0.15) is 104 Å². The lowest BCUT2D eigenvalue weighted by molar-refractivity contribution is 0.0134. The van der Waals surface area contributed by atoms with Gasteiger partial charge in [0.1, 0.15) is 0 Å². The standard InChI is InChI=1S/C21H40O/c1-3-5-6-7-8-9-18-10-12-19(13-11-18)20-14-16-21(17-15-20)22-4-2/h18-21H,3-17H2,1-2H3/t18?,19?,20-,21-. The normalized spacial score (nSPS) is 33.0. The molecule has 0 unspecified atom stereocenters. The number of ether oxygens (including phenoxy) is 1. The van der Waals surface area contributed by atoms with Gasteiger partial charge in [-0.25, -0.2) is 0 Å².